The van der Waals surface area contributed by atoms with Gasteiger partial charge in [-0.2, -0.15) is 0 Å². The lowest BCUT2D eigenvalue weighted by molar-refractivity contribution is -0.107. The van der Waals surface area contributed by atoms with Gasteiger partial charge in [0.1, 0.15) is 5.76 Å². The molecule has 0 spiro atoms. The van der Waals surface area contributed by atoms with Gasteiger partial charge in [0, 0.05) is 30.8 Å². The highest BCUT2D eigenvalue weighted by molar-refractivity contribution is 8.16. The smallest absolute Gasteiger partial charge is 0.321 e. The van der Waals surface area contributed by atoms with Gasteiger partial charge in [0.05, 0.1) is 18.0 Å². The summed E-state index contributed by atoms with van der Waals surface area (Å²) in [6.07, 6.45) is 3.90. The number of carbonyl (C=O) groups excluding carboxylic acids is 2. The fraction of sp³-hybridized carbons (Fsp3) is 0.364. The quantitative estimate of drug-likeness (QED) is 0.710. The summed E-state index contributed by atoms with van der Waals surface area (Å²) in [6, 6.07) is 7.17. The van der Waals surface area contributed by atoms with Crippen LogP contribution in [0, 0.1) is 0 Å². The van der Waals surface area contributed by atoms with Gasteiger partial charge in [0.25, 0.3) is 0 Å². The van der Waals surface area contributed by atoms with Crippen LogP contribution in [0.4, 0.5) is 10.5 Å². The minimum absolute atomic E-state index is 0.0957. The molecular formula is C22H26N2O4S. The maximum atomic E-state index is 12.5. The number of allylic oxidation sites excluding steroid dienone is 2. The first-order valence-corrected chi connectivity index (χ1v) is 10.3. The molecule has 1 aromatic carbocycles. The standard InChI is InChI=1S/C22H26N2O4S/c1-4-15(2)14-22(3)19(25)18(20(26)29-22)13-16-5-7-17(8-6-16)23-21(27)24-9-11-28-12-10-24/h4-8,14,25H,1,9-13H2,2-3H3,(H,23,27)/b15-14+. The number of hydrogen-bond donors (Lipinski definition) is 2. The fourth-order valence-electron chi connectivity index (χ4n) is 3.32. The number of aliphatic hydroxyl groups excluding tert-OH is 1. The lowest BCUT2D eigenvalue weighted by atomic mass is 9.97. The second kappa shape index (κ2) is 8.88. The van der Waals surface area contributed by atoms with E-state index in [1.165, 1.54) is 0 Å². The van der Waals surface area contributed by atoms with Crippen molar-refractivity contribution in [1.82, 2.24) is 4.90 Å². The van der Waals surface area contributed by atoms with E-state index in [0.29, 0.717) is 44.0 Å². The number of thioether (sulfide) groups is 1. The van der Waals surface area contributed by atoms with Crippen molar-refractivity contribution < 1.29 is 19.4 Å². The molecule has 0 aliphatic carbocycles. The molecule has 2 heterocycles. The molecule has 2 aliphatic rings. The van der Waals surface area contributed by atoms with Crippen LogP contribution in [0.1, 0.15) is 19.4 Å². The van der Waals surface area contributed by atoms with Crippen molar-refractivity contribution in [2.45, 2.75) is 25.0 Å². The van der Waals surface area contributed by atoms with E-state index in [0.717, 1.165) is 22.9 Å². The third kappa shape index (κ3) is 4.92. The molecule has 0 aromatic heterocycles. The Hall–Kier alpha value is -2.51. The molecule has 2 amide bonds. The zero-order chi connectivity index (χ0) is 21.0. The van der Waals surface area contributed by atoms with Gasteiger partial charge in [0.2, 0.25) is 5.12 Å². The van der Waals surface area contributed by atoms with Crippen molar-refractivity contribution in [3.05, 3.63) is 65.5 Å². The van der Waals surface area contributed by atoms with Crippen LogP contribution in [0.15, 0.2) is 59.9 Å². The Morgan fingerprint density at radius 3 is 2.62 bits per heavy atom. The van der Waals surface area contributed by atoms with Gasteiger partial charge in [0.15, 0.2) is 0 Å². The number of carbonyl (C=O) groups is 2. The number of aliphatic hydroxyl groups is 1. The molecule has 0 saturated carbocycles. The second-order valence-corrected chi connectivity index (χ2v) is 8.74. The van der Waals surface area contributed by atoms with Crippen LogP contribution < -0.4 is 5.32 Å². The Kier molecular flexibility index (Phi) is 6.49. The summed E-state index contributed by atoms with van der Waals surface area (Å²) in [5.41, 5.74) is 2.89. The van der Waals surface area contributed by atoms with Crippen LogP contribution >= 0.6 is 11.8 Å². The van der Waals surface area contributed by atoms with E-state index in [4.69, 9.17) is 4.74 Å². The first-order valence-electron chi connectivity index (χ1n) is 9.53. The number of morpholine rings is 1. The fourth-order valence-corrected chi connectivity index (χ4v) is 4.47. The number of urea groups is 1. The first kappa shape index (κ1) is 21.2. The lowest BCUT2D eigenvalue weighted by Crippen LogP contribution is -2.43. The maximum Gasteiger partial charge on any atom is 0.321 e. The van der Waals surface area contributed by atoms with Crippen molar-refractivity contribution in [3.63, 3.8) is 0 Å². The summed E-state index contributed by atoms with van der Waals surface area (Å²) < 4.78 is 4.49. The number of nitrogens with zero attached hydrogens (tertiary/aromatic N) is 1. The van der Waals surface area contributed by atoms with Crippen LogP contribution in [0.5, 0.6) is 0 Å². The second-order valence-electron chi connectivity index (χ2n) is 7.32. The van der Waals surface area contributed by atoms with Gasteiger partial charge in [-0.1, -0.05) is 48.2 Å². The van der Waals surface area contributed by atoms with Gasteiger partial charge < -0.3 is 20.1 Å². The van der Waals surface area contributed by atoms with Gasteiger partial charge in [-0.15, -0.1) is 0 Å². The molecule has 154 valence electrons. The SMILES string of the molecule is C=C/C(C)=C/C1(C)SC(=O)C(Cc2ccc(NC(=O)N3CCOCC3)cc2)=C1O. The van der Waals surface area contributed by atoms with Gasteiger partial charge in [-0.25, -0.2) is 4.79 Å². The largest absolute Gasteiger partial charge is 0.510 e. The van der Waals surface area contributed by atoms with Crippen LogP contribution in [0.3, 0.4) is 0 Å². The Labute approximate surface area is 175 Å². The topological polar surface area (TPSA) is 78.9 Å². The molecule has 1 fully saturated rings. The number of benzene rings is 1. The molecule has 2 N–H and O–H groups in total. The van der Waals surface area contributed by atoms with Gasteiger partial charge >= 0.3 is 6.03 Å². The van der Waals surface area contributed by atoms with E-state index in [1.807, 2.05) is 32.1 Å². The summed E-state index contributed by atoms with van der Waals surface area (Å²) in [6.45, 7) is 9.70. The number of hydrogen-bond acceptors (Lipinski definition) is 5. The first-order chi connectivity index (χ1) is 13.8. The van der Waals surface area contributed by atoms with E-state index in [2.05, 4.69) is 11.9 Å². The zero-order valence-corrected chi connectivity index (χ0v) is 17.6. The molecule has 1 saturated heterocycles. The Balaban J connectivity index is 1.69. The van der Waals surface area contributed by atoms with Gasteiger partial charge in [-0.05, 0) is 31.5 Å². The monoisotopic (exact) mass is 414 g/mol. The van der Waals surface area contributed by atoms with E-state index >= 15 is 0 Å². The molecule has 1 aromatic rings. The number of ether oxygens (including phenoxy) is 1. The van der Waals surface area contributed by atoms with Crippen molar-refractivity contribution in [3.8, 4) is 0 Å². The molecule has 3 rings (SSSR count). The minimum Gasteiger partial charge on any atom is -0.510 e. The number of rotatable bonds is 5. The summed E-state index contributed by atoms with van der Waals surface area (Å²) in [7, 11) is 0. The highest BCUT2D eigenvalue weighted by Gasteiger charge is 2.41. The molecular weight excluding hydrogens is 388 g/mol. The molecule has 6 nitrogen and oxygen atoms in total. The lowest BCUT2D eigenvalue weighted by Gasteiger charge is -2.26. The summed E-state index contributed by atoms with van der Waals surface area (Å²) in [4.78, 5) is 26.5. The van der Waals surface area contributed by atoms with E-state index < -0.39 is 4.75 Å². The number of amides is 2. The summed E-state index contributed by atoms with van der Waals surface area (Å²) in [5, 5.41) is 13.4. The summed E-state index contributed by atoms with van der Waals surface area (Å²) in [5.74, 6) is 0.0957. The highest BCUT2D eigenvalue weighted by atomic mass is 32.2. The third-order valence-electron chi connectivity index (χ3n) is 5.02. The Bertz CT molecular complexity index is 869. The van der Waals surface area contributed by atoms with E-state index in [1.54, 1.807) is 23.1 Å². The number of anilines is 1. The summed E-state index contributed by atoms with van der Waals surface area (Å²) >= 11 is 1.11. The third-order valence-corrected chi connectivity index (χ3v) is 6.18. The molecule has 29 heavy (non-hydrogen) atoms. The van der Waals surface area contributed by atoms with Crippen molar-refractivity contribution in [1.29, 1.82) is 0 Å². The average Bonchev–Trinajstić information content (AvgIpc) is 2.92. The molecule has 0 bridgehead atoms. The number of nitrogens with one attached hydrogen (secondary N) is 1. The van der Waals surface area contributed by atoms with Crippen molar-refractivity contribution in [2.24, 2.45) is 0 Å². The Morgan fingerprint density at radius 2 is 2.00 bits per heavy atom. The molecule has 2 aliphatic heterocycles. The Morgan fingerprint density at radius 1 is 1.34 bits per heavy atom. The van der Waals surface area contributed by atoms with Crippen molar-refractivity contribution in [2.75, 3.05) is 31.6 Å². The maximum absolute atomic E-state index is 12.5. The normalized spacial score (nSPS) is 22.8. The highest BCUT2D eigenvalue weighted by Crippen LogP contribution is 2.45. The molecule has 7 heteroatoms. The van der Waals surface area contributed by atoms with Crippen LogP contribution in [0.2, 0.25) is 0 Å². The molecule has 0 radical (unpaired) electrons. The minimum atomic E-state index is -0.767. The predicted octanol–water partition coefficient (Wildman–Crippen LogP) is 4.07. The van der Waals surface area contributed by atoms with E-state index in [-0.39, 0.29) is 16.9 Å². The van der Waals surface area contributed by atoms with Crippen LogP contribution in [-0.4, -0.2) is 52.2 Å². The predicted molar refractivity (Wildman–Crippen MR) is 116 cm³/mol. The van der Waals surface area contributed by atoms with Crippen LogP contribution in [-0.2, 0) is 16.0 Å². The van der Waals surface area contributed by atoms with Crippen LogP contribution in [0.25, 0.3) is 0 Å². The van der Waals surface area contributed by atoms with E-state index in [9.17, 15) is 14.7 Å². The van der Waals surface area contributed by atoms with Gasteiger partial charge in [-0.3, -0.25) is 4.79 Å². The zero-order valence-electron chi connectivity index (χ0n) is 16.7. The van der Waals surface area contributed by atoms with Crippen molar-refractivity contribution >= 4 is 28.6 Å². The molecule has 1 atom stereocenters. The average molecular weight is 415 g/mol. The molecule has 1 unspecified atom stereocenters.